The average Bonchev–Trinajstić information content (AvgIpc) is 3.04. The monoisotopic (exact) mass is 350 g/mol. The van der Waals surface area contributed by atoms with Crippen LogP contribution in [-0.2, 0) is 4.65 Å². The van der Waals surface area contributed by atoms with Crippen molar-refractivity contribution >= 4 is 45.7 Å². The summed E-state index contributed by atoms with van der Waals surface area (Å²) in [6.07, 6.45) is 0. The van der Waals surface area contributed by atoms with Gasteiger partial charge in [0.15, 0.2) is 0 Å². The predicted octanol–water partition coefficient (Wildman–Crippen LogP) is 4.55. The maximum atomic E-state index is 10.4. The van der Waals surface area contributed by atoms with Gasteiger partial charge in [-0.3, -0.25) is 0 Å². The van der Waals surface area contributed by atoms with Crippen molar-refractivity contribution in [2.24, 2.45) is 0 Å². The third-order valence-electron chi connectivity index (χ3n) is 5.03. The SMILES string of the molecule is [2H]c1cc2c(ccc3c2oc2cc([2H])c([2H])c([B]OC(C)(C)C(C)(C)O)c23)c([2H])c1[2H]. The van der Waals surface area contributed by atoms with Crippen LogP contribution in [0.2, 0.25) is 0 Å². The third kappa shape index (κ3) is 2.70. The Balaban J connectivity index is 1.99. The molecule has 3 aromatic carbocycles. The summed E-state index contributed by atoms with van der Waals surface area (Å²) in [4.78, 5) is 0. The lowest BCUT2D eigenvalue weighted by molar-refractivity contribution is -0.0893. The fraction of sp³-hybridized carbons (Fsp3) is 0.273. The van der Waals surface area contributed by atoms with Crippen molar-refractivity contribution < 1.29 is 21.0 Å². The van der Waals surface area contributed by atoms with Crippen molar-refractivity contribution in [1.29, 1.82) is 0 Å². The molecule has 0 amide bonds. The molecule has 0 aliphatic rings. The van der Waals surface area contributed by atoms with E-state index in [4.69, 9.17) is 15.9 Å². The fourth-order valence-corrected chi connectivity index (χ4v) is 2.72. The molecule has 0 saturated heterocycles. The van der Waals surface area contributed by atoms with Gasteiger partial charge in [0.25, 0.3) is 0 Å². The number of benzene rings is 3. The lowest BCUT2D eigenvalue weighted by Crippen LogP contribution is -2.49. The number of fused-ring (bicyclic) bond motifs is 5. The molecule has 1 radical (unpaired) electrons. The average molecular weight is 350 g/mol. The van der Waals surface area contributed by atoms with Crippen LogP contribution in [0.25, 0.3) is 32.7 Å². The first-order valence-electron chi connectivity index (χ1n) is 10.9. The van der Waals surface area contributed by atoms with Crippen molar-refractivity contribution in [3.63, 3.8) is 0 Å². The molecule has 0 aliphatic heterocycles. The van der Waals surface area contributed by atoms with E-state index in [-0.39, 0.29) is 30.2 Å². The maximum Gasteiger partial charge on any atom is 0.331 e. The second-order valence-corrected chi connectivity index (χ2v) is 7.42. The molecule has 0 spiro atoms. The number of aliphatic hydroxyl groups is 1. The summed E-state index contributed by atoms with van der Waals surface area (Å²) in [5.41, 5.74) is -0.947. The van der Waals surface area contributed by atoms with Gasteiger partial charge in [0.05, 0.1) is 18.1 Å². The summed E-state index contributed by atoms with van der Waals surface area (Å²) < 4.78 is 52.6. The van der Waals surface area contributed by atoms with E-state index < -0.39 is 11.2 Å². The number of rotatable bonds is 4. The second kappa shape index (κ2) is 5.87. The molecule has 0 fully saturated rings. The minimum atomic E-state index is -1.15. The molecule has 26 heavy (non-hydrogen) atoms. The summed E-state index contributed by atoms with van der Waals surface area (Å²) in [7, 11) is 1.39. The topological polar surface area (TPSA) is 42.6 Å². The van der Waals surface area contributed by atoms with Crippen LogP contribution in [0.1, 0.15) is 34.5 Å². The Hall–Kier alpha value is -2.30. The smallest absolute Gasteiger partial charge is 0.331 e. The predicted molar refractivity (Wildman–Crippen MR) is 108 cm³/mol. The molecule has 4 aromatic rings. The number of furan rings is 1. The Morgan fingerprint density at radius 3 is 2.58 bits per heavy atom. The van der Waals surface area contributed by atoms with E-state index in [1.807, 2.05) is 0 Å². The minimum Gasteiger partial charge on any atom is -0.455 e. The summed E-state index contributed by atoms with van der Waals surface area (Å²) in [6.45, 7) is 6.74. The molecule has 1 N–H and O–H groups in total. The molecule has 0 aliphatic carbocycles. The van der Waals surface area contributed by atoms with Crippen LogP contribution in [0, 0.1) is 0 Å². The zero-order valence-corrected chi connectivity index (χ0v) is 15.2. The van der Waals surface area contributed by atoms with Gasteiger partial charge in [-0.15, -0.1) is 0 Å². The molecule has 1 aromatic heterocycles. The van der Waals surface area contributed by atoms with Crippen molar-refractivity contribution in [2.45, 2.75) is 38.9 Å². The van der Waals surface area contributed by atoms with Crippen LogP contribution in [-0.4, -0.2) is 23.8 Å². The molecule has 1 heterocycles. The van der Waals surface area contributed by atoms with E-state index in [2.05, 4.69) is 0 Å². The van der Waals surface area contributed by atoms with E-state index >= 15 is 0 Å². The lowest BCUT2D eigenvalue weighted by Gasteiger charge is -2.37. The largest absolute Gasteiger partial charge is 0.455 e. The normalized spacial score (nSPS) is 15.7. The van der Waals surface area contributed by atoms with Gasteiger partial charge in [0, 0.05) is 16.2 Å². The van der Waals surface area contributed by atoms with E-state index in [9.17, 15) is 5.11 Å². The van der Waals surface area contributed by atoms with Crippen molar-refractivity contribution in [3.8, 4) is 0 Å². The van der Waals surface area contributed by atoms with Gasteiger partial charge >= 0.3 is 7.48 Å². The minimum absolute atomic E-state index is 0.0364. The van der Waals surface area contributed by atoms with Gasteiger partial charge in [-0.05, 0) is 50.7 Å². The molecular weight excluding hydrogens is 323 g/mol. The molecular formula is C22H22BO3. The van der Waals surface area contributed by atoms with E-state index in [0.717, 1.165) is 0 Å². The molecule has 0 saturated carbocycles. The summed E-state index contributed by atoms with van der Waals surface area (Å²) in [5, 5.41) is 12.6. The highest BCUT2D eigenvalue weighted by molar-refractivity contribution is 6.53. The van der Waals surface area contributed by atoms with E-state index in [1.165, 1.54) is 19.6 Å². The quantitative estimate of drug-likeness (QED) is 0.549. The van der Waals surface area contributed by atoms with Gasteiger partial charge in [0.1, 0.15) is 11.2 Å². The maximum absolute atomic E-state index is 10.4. The molecule has 0 bridgehead atoms. The number of hydrogen-bond donors (Lipinski definition) is 1. The van der Waals surface area contributed by atoms with Gasteiger partial charge < -0.3 is 14.2 Å². The van der Waals surface area contributed by atoms with Gasteiger partial charge in [-0.1, -0.05) is 42.3 Å². The Morgan fingerprint density at radius 1 is 1.00 bits per heavy atom. The van der Waals surface area contributed by atoms with E-state index in [1.54, 1.807) is 39.8 Å². The van der Waals surface area contributed by atoms with Crippen molar-refractivity contribution in [3.05, 3.63) is 54.5 Å². The fourth-order valence-electron chi connectivity index (χ4n) is 2.72. The first-order chi connectivity index (χ1) is 14.3. The number of hydrogen-bond acceptors (Lipinski definition) is 3. The van der Waals surface area contributed by atoms with Crippen LogP contribution in [0.15, 0.2) is 58.9 Å². The second-order valence-electron chi connectivity index (χ2n) is 7.42. The Morgan fingerprint density at radius 2 is 1.81 bits per heavy atom. The summed E-state index contributed by atoms with van der Waals surface area (Å²) in [6, 6.07) is 6.08. The van der Waals surface area contributed by atoms with E-state index in [0.29, 0.717) is 38.2 Å². The molecule has 4 rings (SSSR count). The van der Waals surface area contributed by atoms with Crippen LogP contribution in [0.5, 0.6) is 0 Å². The summed E-state index contributed by atoms with van der Waals surface area (Å²) >= 11 is 0. The van der Waals surface area contributed by atoms with Crippen LogP contribution in [0.3, 0.4) is 0 Å². The zero-order valence-electron chi connectivity index (χ0n) is 20.2. The van der Waals surface area contributed by atoms with Crippen LogP contribution < -0.4 is 5.46 Å². The standard InChI is InChI=1S/C22H22BO3/c1-21(2,24)22(3,4)26-23-17-10-7-11-18-19(17)16-13-12-14-8-5-6-9-15(14)20(16)25-18/h5-13,24H,1-4H3/i5D,6D,7D,8D,10D. The van der Waals surface area contributed by atoms with Crippen molar-refractivity contribution in [1.82, 2.24) is 0 Å². The molecule has 0 atom stereocenters. The van der Waals surface area contributed by atoms with Crippen molar-refractivity contribution in [2.75, 3.05) is 0 Å². The Bertz CT molecular complexity index is 1360. The lowest BCUT2D eigenvalue weighted by atomic mass is 9.80. The highest BCUT2D eigenvalue weighted by atomic mass is 16.5. The van der Waals surface area contributed by atoms with Gasteiger partial charge in [-0.25, -0.2) is 0 Å². The zero-order chi connectivity index (χ0) is 22.9. The molecule has 0 unspecified atom stereocenters. The Kier molecular flexibility index (Phi) is 2.74. The van der Waals surface area contributed by atoms with Gasteiger partial charge in [-0.2, -0.15) is 0 Å². The highest BCUT2D eigenvalue weighted by Crippen LogP contribution is 2.33. The third-order valence-corrected chi connectivity index (χ3v) is 5.03. The van der Waals surface area contributed by atoms with Crippen LogP contribution >= 0.6 is 0 Å². The first kappa shape index (κ1) is 12.2. The molecule has 4 heteroatoms. The first-order valence-corrected chi connectivity index (χ1v) is 8.43. The molecule has 3 nitrogen and oxygen atoms in total. The summed E-state index contributed by atoms with van der Waals surface area (Å²) in [5.74, 6) is 0. The Labute approximate surface area is 160 Å². The van der Waals surface area contributed by atoms with Crippen LogP contribution in [0.4, 0.5) is 0 Å². The van der Waals surface area contributed by atoms with Gasteiger partial charge in [0.2, 0.25) is 0 Å². The highest BCUT2D eigenvalue weighted by Gasteiger charge is 2.36. The molecule has 131 valence electrons.